The minimum absolute atomic E-state index is 0.116. The molecule has 4 nitrogen and oxygen atoms in total. The Bertz CT molecular complexity index is 1330. The Morgan fingerprint density at radius 3 is 2.72 bits per heavy atom. The van der Waals surface area contributed by atoms with Crippen molar-refractivity contribution in [3.05, 3.63) is 65.4 Å². The molecule has 188 valence electrons. The lowest BCUT2D eigenvalue weighted by molar-refractivity contribution is -0.0796. The molecule has 7 rings (SSSR count). The van der Waals surface area contributed by atoms with Gasteiger partial charge < -0.3 is 14.9 Å². The summed E-state index contributed by atoms with van der Waals surface area (Å²) < 4.78 is 6.21. The van der Waals surface area contributed by atoms with E-state index < -0.39 is 0 Å². The van der Waals surface area contributed by atoms with Crippen LogP contribution in [0.5, 0.6) is 5.75 Å². The van der Waals surface area contributed by atoms with E-state index in [-0.39, 0.29) is 5.41 Å². The number of rotatable bonds is 3. The van der Waals surface area contributed by atoms with Crippen molar-refractivity contribution < 1.29 is 9.94 Å². The summed E-state index contributed by atoms with van der Waals surface area (Å²) in [4.78, 5) is 3.80. The van der Waals surface area contributed by atoms with Crippen LogP contribution in [-0.2, 0) is 19.4 Å². The predicted molar refractivity (Wildman–Crippen MR) is 144 cm³/mol. The van der Waals surface area contributed by atoms with Crippen LogP contribution in [0.25, 0.3) is 10.9 Å². The highest BCUT2D eigenvalue weighted by Crippen LogP contribution is 2.65. The average Bonchev–Trinajstić information content (AvgIpc) is 3.42. The monoisotopic (exact) mass is 482 g/mol. The zero-order valence-electron chi connectivity index (χ0n) is 21.6. The summed E-state index contributed by atoms with van der Waals surface area (Å²) in [6.07, 6.45) is 9.66. The highest BCUT2D eigenvalue weighted by molar-refractivity contribution is 5.92. The molecule has 2 N–H and O–H groups in total. The molecule has 3 fully saturated rings. The fraction of sp³-hybridized carbons (Fsp3) is 0.531. The number of aromatic amines is 1. The molecule has 1 aromatic heterocycles. The summed E-state index contributed by atoms with van der Waals surface area (Å²) in [6.45, 7) is 5.60. The second kappa shape index (κ2) is 8.13. The highest BCUT2D eigenvalue weighted by atomic mass is 16.5. The number of nitrogens with zero attached hydrogens (tertiary/aromatic N) is 1. The van der Waals surface area contributed by atoms with Crippen LogP contribution in [0, 0.1) is 34.5 Å². The van der Waals surface area contributed by atoms with E-state index in [4.69, 9.17) is 4.74 Å². The van der Waals surface area contributed by atoms with Gasteiger partial charge in [-0.25, -0.2) is 0 Å². The van der Waals surface area contributed by atoms with E-state index in [1.807, 2.05) is 6.07 Å². The first kappa shape index (κ1) is 22.4. The molecule has 0 unspecified atom stereocenters. The Hall–Kier alpha value is -2.75. The van der Waals surface area contributed by atoms with Crippen molar-refractivity contribution in [2.24, 2.45) is 39.7 Å². The number of hydrogen-bond donors (Lipinski definition) is 2. The number of benzene rings is 2. The smallest absolute Gasteiger partial charge is 0.120 e. The van der Waals surface area contributed by atoms with E-state index >= 15 is 0 Å². The number of aromatic nitrogens is 1. The number of H-pyrrole nitrogens is 1. The third-order valence-corrected chi connectivity index (χ3v) is 11.1. The van der Waals surface area contributed by atoms with E-state index in [2.05, 4.69) is 66.5 Å². The first-order chi connectivity index (χ1) is 17.5. The molecule has 0 saturated heterocycles. The van der Waals surface area contributed by atoms with Crippen LogP contribution in [0.2, 0.25) is 0 Å². The maximum Gasteiger partial charge on any atom is 0.120 e. The van der Waals surface area contributed by atoms with Crippen molar-refractivity contribution in [2.75, 3.05) is 0 Å². The van der Waals surface area contributed by atoms with Crippen molar-refractivity contribution >= 4 is 16.6 Å². The Morgan fingerprint density at radius 1 is 1.03 bits per heavy atom. The first-order valence-electron chi connectivity index (χ1n) is 14.0. The minimum atomic E-state index is 0.116. The van der Waals surface area contributed by atoms with Gasteiger partial charge in [0.05, 0.1) is 5.71 Å². The number of hydrogen-bond acceptors (Lipinski definition) is 3. The zero-order chi connectivity index (χ0) is 24.5. The fourth-order valence-corrected chi connectivity index (χ4v) is 9.22. The zero-order valence-corrected chi connectivity index (χ0v) is 21.6. The summed E-state index contributed by atoms with van der Waals surface area (Å²) in [7, 11) is 0. The van der Waals surface area contributed by atoms with Crippen LogP contribution in [-0.4, -0.2) is 15.9 Å². The standard InChI is InChI=1S/C32H38N2O2/c1-31-15-14-27-23(26(31)11-13-30(31)34-35)10-8-21-16-29-25(18-32(21,27)2)24-17-22(9-12-28(24)33-29)36-19-20-6-4-3-5-7-20/h3-7,9,12,17,21,23,26-27,33,35H,8,10-11,13-16,18-19H2,1-2H3/b34-30+/t21-,23+,26-,27+,31-,32-/m0/s1. The summed E-state index contributed by atoms with van der Waals surface area (Å²) in [5, 5.41) is 14.8. The van der Waals surface area contributed by atoms with Crippen molar-refractivity contribution in [1.82, 2.24) is 4.98 Å². The van der Waals surface area contributed by atoms with Gasteiger partial charge in [0.2, 0.25) is 0 Å². The van der Waals surface area contributed by atoms with Gasteiger partial charge in [0.25, 0.3) is 0 Å². The number of nitrogens with one attached hydrogen (secondary N) is 1. The molecule has 4 heteroatoms. The van der Waals surface area contributed by atoms with Gasteiger partial charge in [-0.1, -0.05) is 49.3 Å². The average molecular weight is 483 g/mol. The van der Waals surface area contributed by atoms with Gasteiger partial charge in [-0.05, 0) is 110 Å². The van der Waals surface area contributed by atoms with Crippen LogP contribution in [0.15, 0.2) is 53.7 Å². The quantitative estimate of drug-likeness (QED) is 0.299. The number of oxime groups is 1. The van der Waals surface area contributed by atoms with Crippen molar-refractivity contribution in [3.63, 3.8) is 0 Å². The fourth-order valence-electron chi connectivity index (χ4n) is 9.22. The number of ether oxygens (including phenoxy) is 1. The summed E-state index contributed by atoms with van der Waals surface area (Å²) in [6, 6.07) is 17.0. The van der Waals surface area contributed by atoms with E-state index in [0.29, 0.717) is 17.9 Å². The topological polar surface area (TPSA) is 57.6 Å². The third-order valence-electron chi connectivity index (χ3n) is 11.1. The van der Waals surface area contributed by atoms with E-state index in [1.54, 1.807) is 0 Å². The Balaban J connectivity index is 1.19. The Labute approximate surface area is 214 Å². The van der Waals surface area contributed by atoms with Gasteiger partial charge in [0.1, 0.15) is 12.4 Å². The van der Waals surface area contributed by atoms with Gasteiger partial charge in [0.15, 0.2) is 0 Å². The highest BCUT2D eigenvalue weighted by Gasteiger charge is 2.59. The van der Waals surface area contributed by atoms with Gasteiger partial charge in [-0.3, -0.25) is 0 Å². The molecule has 0 aliphatic heterocycles. The molecule has 3 aromatic rings. The van der Waals surface area contributed by atoms with Crippen LogP contribution in [0.3, 0.4) is 0 Å². The molecule has 4 aliphatic rings. The Morgan fingerprint density at radius 2 is 1.89 bits per heavy atom. The molecular formula is C32H38N2O2. The third kappa shape index (κ3) is 3.22. The molecule has 36 heavy (non-hydrogen) atoms. The molecule has 4 aliphatic carbocycles. The lowest BCUT2D eigenvalue weighted by atomic mass is 9.45. The van der Waals surface area contributed by atoms with Crippen molar-refractivity contribution in [1.29, 1.82) is 0 Å². The lowest BCUT2D eigenvalue weighted by Crippen LogP contribution is -2.54. The second-order valence-electron chi connectivity index (χ2n) is 12.6. The minimum Gasteiger partial charge on any atom is -0.489 e. The van der Waals surface area contributed by atoms with E-state index in [0.717, 1.165) is 35.6 Å². The van der Waals surface area contributed by atoms with Crippen LogP contribution in [0.1, 0.15) is 69.2 Å². The first-order valence-corrected chi connectivity index (χ1v) is 14.0. The van der Waals surface area contributed by atoms with Crippen molar-refractivity contribution in [3.8, 4) is 5.75 Å². The summed E-state index contributed by atoms with van der Waals surface area (Å²) in [5.74, 6) is 3.92. The molecule has 0 radical (unpaired) electrons. The summed E-state index contributed by atoms with van der Waals surface area (Å²) in [5.41, 5.74) is 6.97. The Kier molecular flexibility index (Phi) is 5.07. The molecule has 2 aromatic carbocycles. The predicted octanol–water partition coefficient (Wildman–Crippen LogP) is 7.53. The van der Waals surface area contributed by atoms with Crippen LogP contribution in [0.4, 0.5) is 0 Å². The summed E-state index contributed by atoms with van der Waals surface area (Å²) >= 11 is 0. The largest absolute Gasteiger partial charge is 0.489 e. The molecule has 0 amide bonds. The van der Waals surface area contributed by atoms with Crippen LogP contribution >= 0.6 is 0 Å². The molecule has 0 spiro atoms. The molecule has 6 atom stereocenters. The molecule has 1 heterocycles. The van der Waals surface area contributed by atoms with E-state index in [9.17, 15) is 5.21 Å². The lowest BCUT2D eigenvalue weighted by Gasteiger charge is -2.59. The van der Waals surface area contributed by atoms with Gasteiger partial charge in [0, 0.05) is 22.0 Å². The van der Waals surface area contributed by atoms with Gasteiger partial charge in [-0.2, -0.15) is 0 Å². The SMILES string of the molecule is C[C@]12Cc3c([nH]c4ccc(OCc5ccccc5)cc34)C[C@@H]1CC[C@H]1[C@H]2CC[C@]2(C)/C(=N/O)CC[C@@H]12. The molecule has 0 bridgehead atoms. The van der Waals surface area contributed by atoms with Gasteiger partial charge in [-0.15, -0.1) is 0 Å². The second-order valence-corrected chi connectivity index (χ2v) is 12.6. The van der Waals surface area contributed by atoms with Gasteiger partial charge >= 0.3 is 0 Å². The van der Waals surface area contributed by atoms with Crippen LogP contribution < -0.4 is 4.74 Å². The number of fused-ring (bicyclic) bond motifs is 8. The molecule has 3 saturated carbocycles. The normalized spacial score (nSPS) is 36.2. The maximum atomic E-state index is 9.69. The molecular weight excluding hydrogens is 444 g/mol. The van der Waals surface area contributed by atoms with Crippen molar-refractivity contribution in [2.45, 2.75) is 71.8 Å². The maximum absolute atomic E-state index is 9.69. The van der Waals surface area contributed by atoms with E-state index in [1.165, 1.54) is 72.7 Å².